The van der Waals surface area contributed by atoms with Gasteiger partial charge in [-0.15, -0.1) is 0 Å². The van der Waals surface area contributed by atoms with E-state index in [9.17, 15) is 9.50 Å². The van der Waals surface area contributed by atoms with Gasteiger partial charge in [0.1, 0.15) is 5.75 Å². The molecule has 0 aromatic heterocycles. The SMILES string of the molecule is COc1ccccc1C1CC(Nc2ccc(O)c(F)c2)C1. The lowest BCUT2D eigenvalue weighted by Crippen LogP contribution is -2.34. The molecule has 2 aromatic carbocycles. The van der Waals surface area contributed by atoms with E-state index in [1.165, 1.54) is 17.7 Å². The monoisotopic (exact) mass is 287 g/mol. The van der Waals surface area contributed by atoms with E-state index in [0.29, 0.717) is 17.6 Å². The van der Waals surface area contributed by atoms with E-state index in [4.69, 9.17) is 4.74 Å². The lowest BCUT2D eigenvalue weighted by atomic mass is 9.75. The molecule has 0 atom stereocenters. The van der Waals surface area contributed by atoms with E-state index in [0.717, 1.165) is 18.6 Å². The minimum atomic E-state index is -0.597. The zero-order valence-electron chi connectivity index (χ0n) is 11.8. The van der Waals surface area contributed by atoms with Gasteiger partial charge in [0.25, 0.3) is 0 Å². The minimum absolute atomic E-state index is 0.318. The summed E-state index contributed by atoms with van der Waals surface area (Å²) in [4.78, 5) is 0. The molecule has 3 nitrogen and oxygen atoms in total. The van der Waals surface area contributed by atoms with Crippen molar-refractivity contribution in [2.75, 3.05) is 12.4 Å². The van der Waals surface area contributed by atoms with Gasteiger partial charge in [-0.3, -0.25) is 0 Å². The average molecular weight is 287 g/mol. The molecule has 0 amide bonds. The van der Waals surface area contributed by atoms with Crippen molar-refractivity contribution in [1.29, 1.82) is 0 Å². The van der Waals surface area contributed by atoms with Gasteiger partial charge >= 0.3 is 0 Å². The van der Waals surface area contributed by atoms with Gasteiger partial charge in [-0.25, -0.2) is 4.39 Å². The molecule has 0 heterocycles. The van der Waals surface area contributed by atoms with Crippen LogP contribution >= 0.6 is 0 Å². The van der Waals surface area contributed by atoms with Gasteiger partial charge in [0.05, 0.1) is 7.11 Å². The van der Waals surface area contributed by atoms with E-state index >= 15 is 0 Å². The smallest absolute Gasteiger partial charge is 0.166 e. The molecule has 2 aromatic rings. The highest BCUT2D eigenvalue weighted by atomic mass is 19.1. The highest BCUT2D eigenvalue weighted by Crippen LogP contribution is 2.42. The third-order valence-corrected chi connectivity index (χ3v) is 4.04. The van der Waals surface area contributed by atoms with E-state index in [1.54, 1.807) is 13.2 Å². The van der Waals surface area contributed by atoms with Crippen LogP contribution in [0.5, 0.6) is 11.5 Å². The van der Waals surface area contributed by atoms with Gasteiger partial charge in [0, 0.05) is 17.8 Å². The zero-order valence-corrected chi connectivity index (χ0v) is 11.8. The van der Waals surface area contributed by atoms with Gasteiger partial charge in [-0.1, -0.05) is 18.2 Å². The molecule has 4 heteroatoms. The molecule has 2 N–H and O–H groups in total. The second-order valence-electron chi connectivity index (χ2n) is 5.42. The predicted octanol–water partition coefficient (Wildman–Crippen LogP) is 3.90. The Labute approximate surface area is 123 Å². The highest BCUT2D eigenvalue weighted by molar-refractivity contribution is 5.49. The summed E-state index contributed by atoms with van der Waals surface area (Å²) in [6, 6.07) is 12.8. The van der Waals surface area contributed by atoms with Crippen molar-refractivity contribution in [1.82, 2.24) is 0 Å². The third-order valence-electron chi connectivity index (χ3n) is 4.04. The Bertz CT molecular complexity index is 638. The Hall–Kier alpha value is -2.23. The number of rotatable bonds is 4. The molecule has 1 aliphatic rings. The number of para-hydroxylation sites is 1. The van der Waals surface area contributed by atoms with Crippen LogP contribution in [0.1, 0.15) is 24.3 Å². The first kappa shape index (κ1) is 13.7. The maximum atomic E-state index is 13.3. The summed E-state index contributed by atoms with van der Waals surface area (Å²) in [5.41, 5.74) is 1.93. The molecular weight excluding hydrogens is 269 g/mol. The summed E-state index contributed by atoms with van der Waals surface area (Å²) in [5.74, 6) is 0.485. The summed E-state index contributed by atoms with van der Waals surface area (Å²) in [7, 11) is 1.69. The van der Waals surface area contributed by atoms with Crippen LogP contribution in [-0.2, 0) is 0 Å². The fourth-order valence-electron chi connectivity index (χ4n) is 2.83. The fourth-order valence-corrected chi connectivity index (χ4v) is 2.83. The second kappa shape index (κ2) is 5.64. The standard InChI is InChI=1S/C17H18FNO2/c1-21-17-5-3-2-4-14(17)11-8-13(9-11)19-12-6-7-16(20)15(18)10-12/h2-7,10-11,13,19-20H,8-9H2,1H3. The van der Waals surface area contributed by atoms with Crippen LogP contribution in [0.4, 0.5) is 10.1 Å². The molecule has 21 heavy (non-hydrogen) atoms. The topological polar surface area (TPSA) is 41.5 Å². The number of hydrogen-bond acceptors (Lipinski definition) is 3. The zero-order chi connectivity index (χ0) is 14.8. The summed E-state index contributed by atoms with van der Waals surface area (Å²) >= 11 is 0. The molecule has 110 valence electrons. The first-order valence-electron chi connectivity index (χ1n) is 7.05. The van der Waals surface area contributed by atoms with Crippen molar-refractivity contribution in [3.8, 4) is 11.5 Å². The molecule has 1 saturated carbocycles. The number of benzene rings is 2. The molecule has 0 spiro atoms. The summed E-state index contributed by atoms with van der Waals surface area (Å²) in [5, 5.41) is 12.5. The van der Waals surface area contributed by atoms with E-state index < -0.39 is 5.82 Å². The van der Waals surface area contributed by atoms with Crippen molar-refractivity contribution >= 4 is 5.69 Å². The number of phenolic OH excluding ortho intramolecular Hbond substituents is 1. The Morgan fingerprint density at radius 1 is 1.19 bits per heavy atom. The van der Waals surface area contributed by atoms with Crippen LogP contribution in [0, 0.1) is 5.82 Å². The molecule has 0 unspecified atom stereocenters. The van der Waals surface area contributed by atoms with Gasteiger partial charge in [0.2, 0.25) is 0 Å². The quantitative estimate of drug-likeness (QED) is 0.838. The van der Waals surface area contributed by atoms with Crippen molar-refractivity contribution in [3.63, 3.8) is 0 Å². The van der Waals surface area contributed by atoms with Crippen LogP contribution in [0.15, 0.2) is 42.5 Å². The first-order valence-corrected chi connectivity index (χ1v) is 7.05. The number of nitrogens with one attached hydrogen (secondary N) is 1. The van der Waals surface area contributed by atoms with Crippen LogP contribution in [0.25, 0.3) is 0 Å². The lowest BCUT2D eigenvalue weighted by molar-refractivity contribution is 0.349. The van der Waals surface area contributed by atoms with E-state index in [1.807, 2.05) is 18.2 Å². The molecule has 0 saturated heterocycles. The van der Waals surface area contributed by atoms with Gasteiger partial charge in [-0.05, 0) is 42.5 Å². The van der Waals surface area contributed by atoms with E-state index in [-0.39, 0.29) is 5.75 Å². The molecule has 0 aliphatic heterocycles. The fraction of sp³-hybridized carbons (Fsp3) is 0.294. The Balaban J connectivity index is 1.62. The molecule has 0 radical (unpaired) electrons. The normalized spacial score (nSPS) is 20.7. The van der Waals surface area contributed by atoms with Crippen LogP contribution in [-0.4, -0.2) is 18.3 Å². The summed E-state index contributed by atoms with van der Waals surface area (Å²) in [6.45, 7) is 0. The number of anilines is 1. The highest BCUT2D eigenvalue weighted by Gasteiger charge is 2.32. The Morgan fingerprint density at radius 2 is 1.95 bits per heavy atom. The number of ether oxygens (including phenoxy) is 1. The van der Waals surface area contributed by atoms with E-state index in [2.05, 4.69) is 11.4 Å². The second-order valence-corrected chi connectivity index (χ2v) is 5.42. The predicted molar refractivity (Wildman–Crippen MR) is 80.4 cm³/mol. The van der Waals surface area contributed by atoms with Crippen LogP contribution in [0.3, 0.4) is 0 Å². The molecule has 1 fully saturated rings. The molecule has 0 bridgehead atoms. The van der Waals surface area contributed by atoms with Crippen LogP contribution < -0.4 is 10.1 Å². The van der Waals surface area contributed by atoms with Gasteiger partial charge in [0.15, 0.2) is 11.6 Å². The third kappa shape index (κ3) is 2.79. The maximum absolute atomic E-state index is 13.3. The van der Waals surface area contributed by atoms with Gasteiger partial charge < -0.3 is 15.2 Å². The number of phenols is 1. The first-order chi connectivity index (χ1) is 10.2. The summed E-state index contributed by atoms with van der Waals surface area (Å²) in [6.07, 6.45) is 1.98. The van der Waals surface area contributed by atoms with Crippen molar-refractivity contribution in [3.05, 3.63) is 53.8 Å². The number of hydrogen-bond donors (Lipinski definition) is 2. The molecular formula is C17H18FNO2. The van der Waals surface area contributed by atoms with Crippen molar-refractivity contribution < 1.29 is 14.2 Å². The molecule has 1 aliphatic carbocycles. The number of aromatic hydroxyl groups is 1. The molecule has 3 rings (SSSR count). The average Bonchev–Trinajstić information content (AvgIpc) is 2.46. The minimum Gasteiger partial charge on any atom is -0.505 e. The largest absolute Gasteiger partial charge is 0.505 e. The lowest BCUT2D eigenvalue weighted by Gasteiger charge is -2.37. The summed E-state index contributed by atoms with van der Waals surface area (Å²) < 4.78 is 18.7. The Kier molecular flexibility index (Phi) is 3.69. The van der Waals surface area contributed by atoms with Crippen LogP contribution in [0.2, 0.25) is 0 Å². The van der Waals surface area contributed by atoms with Crippen molar-refractivity contribution in [2.24, 2.45) is 0 Å². The number of methoxy groups -OCH3 is 1. The number of halogens is 1. The van der Waals surface area contributed by atoms with Gasteiger partial charge in [-0.2, -0.15) is 0 Å². The Morgan fingerprint density at radius 3 is 2.67 bits per heavy atom. The van der Waals surface area contributed by atoms with Crippen molar-refractivity contribution in [2.45, 2.75) is 24.8 Å². The maximum Gasteiger partial charge on any atom is 0.166 e.